The first kappa shape index (κ1) is 26.8. The van der Waals surface area contributed by atoms with Crippen LogP contribution in [0.5, 0.6) is 0 Å². The molecular formula is C29H25ClF2N6O3. The van der Waals surface area contributed by atoms with Gasteiger partial charge in [-0.15, -0.1) is 0 Å². The number of hydrogen-bond acceptors (Lipinski definition) is 6. The fourth-order valence-electron chi connectivity index (χ4n) is 5.49. The summed E-state index contributed by atoms with van der Waals surface area (Å²) in [5, 5.41) is 2.98. The topological polar surface area (TPSA) is 108 Å². The number of aromatic nitrogens is 5. The van der Waals surface area contributed by atoms with Gasteiger partial charge in [0.2, 0.25) is 0 Å². The first-order valence-corrected chi connectivity index (χ1v) is 13.6. The number of nitrogens with zero attached hydrogens (tertiary/aromatic N) is 5. The molecule has 5 aromatic rings. The molecule has 0 spiro atoms. The minimum Gasteiger partial charge on any atom is -0.442 e. The molecule has 0 bridgehead atoms. The van der Waals surface area contributed by atoms with E-state index in [1.807, 2.05) is 24.3 Å². The van der Waals surface area contributed by atoms with Crippen molar-refractivity contribution in [3.05, 3.63) is 94.2 Å². The largest absolute Gasteiger partial charge is 0.442 e. The van der Waals surface area contributed by atoms with Crippen molar-refractivity contribution in [1.29, 1.82) is 0 Å². The Kier molecular flexibility index (Phi) is 7.36. The summed E-state index contributed by atoms with van der Waals surface area (Å²) in [5.41, 5.74) is 1.87. The molecular weight excluding hydrogens is 554 g/mol. The zero-order valence-corrected chi connectivity index (χ0v) is 22.5. The maximum absolute atomic E-state index is 13.8. The average Bonchev–Trinajstić information content (AvgIpc) is 3.61. The fourth-order valence-corrected chi connectivity index (χ4v) is 5.64. The number of benzene rings is 1. The highest BCUT2D eigenvalue weighted by atomic mass is 35.5. The number of imidazole rings is 1. The Hall–Kier alpha value is -4.38. The Labute approximate surface area is 237 Å². The third kappa shape index (κ3) is 5.37. The number of hydrogen-bond donors (Lipinski definition) is 1. The van der Waals surface area contributed by atoms with Gasteiger partial charge in [0, 0.05) is 25.0 Å². The van der Waals surface area contributed by atoms with Crippen LogP contribution in [0.25, 0.3) is 28.2 Å². The second-order valence-electron chi connectivity index (χ2n) is 10.1. The summed E-state index contributed by atoms with van der Waals surface area (Å²) in [6.45, 7) is 0.515. The molecule has 1 N–H and O–H groups in total. The zero-order valence-electron chi connectivity index (χ0n) is 21.7. The lowest BCUT2D eigenvalue weighted by molar-refractivity contribution is 0.0904. The molecule has 1 aromatic carbocycles. The molecule has 6 rings (SSSR count). The number of nitrogens with one attached hydrogen (secondary N) is 1. The van der Waals surface area contributed by atoms with E-state index in [1.165, 1.54) is 12.5 Å². The highest BCUT2D eigenvalue weighted by Gasteiger charge is 2.27. The van der Waals surface area contributed by atoms with E-state index < -0.39 is 18.0 Å². The molecule has 1 saturated carbocycles. The van der Waals surface area contributed by atoms with Crippen LogP contribution in [0.3, 0.4) is 0 Å². The quantitative estimate of drug-likeness (QED) is 0.261. The van der Waals surface area contributed by atoms with Crippen LogP contribution in [0.15, 0.2) is 76.7 Å². The van der Waals surface area contributed by atoms with Crippen LogP contribution in [0, 0.1) is 5.92 Å². The standard InChI is InChI=1S/C29H25ClF2N6O3/c30-18-11-21(26(27(31)32)35-13-18)28(39)36-19-7-5-17(6-8-19)15-37-23-3-1-2-4-24(23)38(29(37)40)20-9-10-34-22(12-20)25-14-33-16-41-25/h1-4,9-14,16-17,19,27H,5-8,15H2,(H,36,39). The number of carbonyl (C=O) groups is 1. The van der Waals surface area contributed by atoms with Crippen LogP contribution in [0.2, 0.25) is 5.02 Å². The SMILES string of the molecule is O=C(NC1CCC(Cn2c(=O)n(-c3ccnc(-c4cnco4)c3)c3ccccc32)CC1)c1cc(Cl)cnc1C(F)F. The first-order chi connectivity index (χ1) is 19.9. The van der Waals surface area contributed by atoms with Crippen molar-refractivity contribution in [2.75, 3.05) is 0 Å². The molecule has 0 aliphatic heterocycles. The average molecular weight is 579 g/mol. The summed E-state index contributed by atoms with van der Waals surface area (Å²) >= 11 is 5.90. The van der Waals surface area contributed by atoms with Gasteiger partial charge in [0.15, 0.2) is 12.2 Å². The van der Waals surface area contributed by atoms with Gasteiger partial charge in [0.25, 0.3) is 12.3 Å². The van der Waals surface area contributed by atoms with Crippen LogP contribution in [-0.2, 0) is 6.54 Å². The molecule has 4 aromatic heterocycles. The number of pyridine rings is 2. The lowest BCUT2D eigenvalue weighted by Crippen LogP contribution is -2.39. The van der Waals surface area contributed by atoms with E-state index in [-0.39, 0.29) is 28.2 Å². The molecule has 0 unspecified atom stereocenters. The van der Waals surface area contributed by atoms with E-state index in [0.29, 0.717) is 36.5 Å². The first-order valence-electron chi connectivity index (χ1n) is 13.2. The Bertz CT molecular complexity index is 1760. The van der Waals surface area contributed by atoms with Crippen molar-refractivity contribution in [2.45, 2.75) is 44.7 Å². The molecule has 4 heterocycles. The van der Waals surface area contributed by atoms with Crippen molar-refractivity contribution in [3.63, 3.8) is 0 Å². The van der Waals surface area contributed by atoms with Gasteiger partial charge in [-0.2, -0.15) is 0 Å². The van der Waals surface area contributed by atoms with Gasteiger partial charge < -0.3 is 9.73 Å². The summed E-state index contributed by atoms with van der Waals surface area (Å²) in [4.78, 5) is 38.5. The zero-order chi connectivity index (χ0) is 28.5. The Morgan fingerprint density at radius 3 is 2.59 bits per heavy atom. The molecule has 0 radical (unpaired) electrons. The smallest absolute Gasteiger partial charge is 0.333 e. The van der Waals surface area contributed by atoms with Gasteiger partial charge in [-0.3, -0.25) is 23.9 Å². The molecule has 41 heavy (non-hydrogen) atoms. The van der Waals surface area contributed by atoms with Crippen LogP contribution < -0.4 is 11.0 Å². The summed E-state index contributed by atoms with van der Waals surface area (Å²) < 4.78 is 35.6. The van der Waals surface area contributed by atoms with Crippen molar-refractivity contribution in [3.8, 4) is 17.1 Å². The van der Waals surface area contributed by atoms with Gasteiger partial charge >= 0.3 is 5.69 Å². The molecule has 1 fully saturated rings. The third-order valence-electron chi connectivity index (χ3n) is 7.48. The maximum atomic E-state index is 13.8. The fraction of sp³-hybridized carbons (Fsp3) is 0.276. The lowest BCUT2D eigenvalue weighted by Gasteiger charge is -2.29. The van der Waals surface area contributed by atoms with Crippen LogP contribution in [0.1, 0.15) is 48.2 Å². The van der Waals surface area contributed by atoms with E-state index in [0.717, 1.165) is 30.1 Å². The van der Waals surface area contributed by atoms with Crippen LogP contribution >= 0.6 is 11.6 Å². The van der Waals surface area contributed by atoms with Crippen LogP contribution in [0.4, 0.5) is 8.78 Å². The summed E-state index contributed by atoms with van der Waals surface area (Å²) in [5.74, 6) is 0.0939. The number of fused-ring (bicyclic) bond motifs is 1. The molecule has 0 saturated heterocycles. The minimum atomic E-state index is -2.88. The van der Waals surface area contributed by atoms with E-state index in [9.17, 15) is 18.4 Å². The molecule has 210 valence electrons. The van der Waals surface area contributed by atoms with E-state index in [4.69, 9.17) is 16.0 Å². The second-order valence-corrected chi connectivity index (χ2v) is 10.5. The summed E-state index contributed by atoms with van der Waals surface area (Å²) in [7, 11) is 0. The van der Waals surface area contributed by atoms with E-state index >= 15 is 0 Å². The number of halogens is 3. The normalized spacial score (nSPS) is 17.3. The monoisotopic (exact) mass is 578 g/mol. The summed E-state index contributed by atoms with van der Waals surface area (Å²) in [6, 6.07) is 12.2. The highest BCUT2D eigenvalue weighted by Crippen LogP contribution is 2.29. The van der Waals surface area contributed by atoms with Crippen LogP contribution in [-0.4, -0.2) is 36.0 Å². The Morgan fingerprint density at radius 1 is 1.07 bits per heavy atom. The van der Waals surface area contributed by atoms with Gasteiger partial charge in [0.1, 0.15) is 11.4 Å². The molecule has 1 amide bonds. The lowest BCUT2D eigenvalue weighted by atomic mass is 9.85. The molecule has 1 aliphatic rings. The third-order valence-corrected chi connectivity index (χ3v) is 7.69. The van der Waals surface area contributed by atoms with E-state index in [1.54, 1.807) is 33.7 Å². The van der Waals surface area contributed by atoms with Crippen molar-refractivity contribution in [1.82, 2.24) is 29.4 Å². The van der Waals surface area contributed by atoms with Gasteiger partial charge in [-0.25, -0.2) is 18.6 Å². The number of alkyl halides is 2. The highest BCUT2D eigenvalue weighted by molar-refractivity contribution is 6.30. The number of oxazole rings is 1. The maximum Gasteiger partial charge on any atom is 0.333 e. The predicted molar refractivity (Wildman–Crippen MR) is 148 cm³/mol. The number of carbonyl (C=O) groups excluding carboxylic acids is 1. The van der Waals surface area contributed by atoms with Gasteiger partial charge in [-0.05, 0) is 61.9 Å². The minimum absolute atomic E-state index is 0.119. The molecule has 0 atom stereocenters. The number of amides is 1. The van der Waals surface area contributed by atoms with Crippen molar-refractivity contribution < 1.29 is 18.0 Å². The van der Waals surface area contributed by atoms with Gasteiger partial charge in [-0.1, -0.05) is 23.7 Å². The summed E-state index contributed by atoms with van der Waals surface area (Å²) in [6.07, 6.45) is 5.59. The predicted octanol–water partition coefficient (Wildman–Crippen LogP) is 5.82. The van der Waals surface area contributed by atoms with Crippen molar-refractivity contribution >= 4 is 28.5 Å². The van der Waals surface area contributed by atoms with Crippen molar-refractivity contribution in [2.24, 2.45) is 5.92 Å². The second kappa shape index (κ2) is 11.2. The van der Waals surface area contributed by atoms with Gasteiger partial charge in [0.05, 0.1) is 33.5 Å². The van der Waals surface area contributed by atoms with E-state index in [2.05, 4.69) is 20.3 Å². The molecule has 9 nitrogen and oxygen atoms in total. The Morgan fingerprint density at radius 2 is 1.85 bits per heavy atom. The number of para-hydroxylation sites is 2. The number of rotatable bonds is 7. The Balaban J connectivity index is 1.19. The molecule has 12 heteroatoms. The molecule has 1 aliphatic carbocycles.